The van der Waals surface area contributed by atoms with Crippen LogP contribution in [0.15, 0.2) is 28.2 Å². The summed E-state index contributed by atoms with van der Waals surface area (Å²) < 4.78 is 6.80. The second-order valence-electron chi connectivity index (χ2n) is 4.56. The Morgan fingerprint density at radius 2 is 1.58 bits per heavy atom. The van der Waals surface area contributed by atoms with Gasteiger partial charge in [-0.15, -0.1) is 0 Å². The van der Waals surface area contributed by atoms with Gasteiger partial charge in [0.25, 0.3) is 0 Å². The van der Waals surface area contributed by atoms with Crippen LogP contribution in [0.25, 0.3) is 0 Å². The van der Waals surface area contributed by atoms with E-state index >= 15 is 0 Å². The molecule has 0 spiro atoms. The summed E-state index contributed by atoms with van der Waals surface area (Å²) in [5, 5.41) is 2.83. The maximum absolute atomic E-state index is 5.90. The largest absolute Gasteiger partial charge is 0.493 e. The fourth-order valence-corrected chi connectivity index (χ4v) is 2.45. The van der Waals surface area contributed by atoms with E-state index in [-0.39, 0.29) is 5.84 Å². The second kappa shape index (κ2) is 7.52. The van der Waals surface area contributed by atoms with E-state index < -0.39 is 13.8 Å². The third-order valence-corrected chi connectivity index (χ3v) is 4.08. The van der Waals surface area contributed by atoms with Gasteiger partial charge in [0.15, 0.2) is 23.5 Å². The van der Waals surface area contributed by atoms with Crippen LogP contribution in [0, 0.1) is 0 Å². The molecule has 0 fully saturated rings. The number of aliphatic imine (C=N–C) groups is 2. The van der Waals surface area contributed by atoms with Gasteiger partial charge in [-0.1, -0.05) is 69.6 Å². The summed E-state index contributed by atoms with van der Waals surface area (Å²) >= 11 is 35.4. The number of halogens is 6. The lowest BCUT2D eigenvalue weighted by atomic mass is 10.1. The third-order valence-electron chi connectivity index (χ3n) is 2.96. The highest BCUT2D eigenvalue weighted by molar-refractivity contribution is 6.77. The molecule has 0 saturated heterocycles. The normalized spacial score (nSPS) is 18.4. The molecule has 1 unspecified atom stereocenters. The minimum Gasteiger partial charge on any atom is -0.493 e. The second-order valence-corrected chi connectivity index (χ2v) is 9.21. The van der Waals surface area contributed by atoms with Gasteiger partial charge < -0.3 is 14.8 Å². The zero-order valence-corrected chi connectivity index (χ0v) is 16.8. The van der Waals surface area contributed by atoms with Crippen LogP contribution in [-0.4, -0.2) is 39.6 Å². The molecule has 1 aromatic carbocycles. The molecule has 0 saturated carbocycles. The number of amidine groups is 2. The molecule has 11 heteroatoms. The Hall–Kier alpha value is -0.300. The molecule has 1 atom stereocenters. The lowest BCUT2D eigenvalue weighted by molar-refractivity contribution is 0.355. The summed E-state index contributed by atoms with van der Waals surface area (Å²) in [4.78, 5) is 8.31. The third kappa shape index (κ3) is 4.65. The molecule has 1 aromatic rings. The van der Waals surface area contributed by atoms with E-state index in [0.717, 1.165) is 0 Å². The van der Waals surface area contributed by atoms with Crippen LogP contribution in [0.1, 0.15) is 5.56 Å². The summed E-state index contributed by atoms with van der Waals surface area (Å²) in [7, 11) is 3.04. The zero-order chi connectivity index (χ0) is 18.1. The molecule has 24 heavy (non-hydrogen) atoms. The predicted molar refractivity (Wildman–Crippen MR) is 101 cm³/mol. The molecular formula is C13H11Cl6N3O2. The summed E-state index contributed by atoms with van der Waals surface area (Å²) in [6, 6.07) is 5.11. The van der Waals surface area contributed by atoms with Crippen molar-refractivity contribution in [2.75, 3.05) is 14.2 Å². The van der Waals surface area contributed by atoms with Gasteiger partial charge in [-0.25, -0.2) is 9.98 Å². The van der Waals surface area contributed by atoms with E-state index in [1.807, 2.05) is 0 Å². The lowest BCUT2D eigenvalue weighted by Crippen LogP contribution is -2.46. The molecule has 2 rings (SSSR count). The molecule has 1 aliphatic heterocycles. The van der Waals surface area contributed by atoms with Gasteiger partial charge >= 0.3 is 0 Å². The predicted octanol–water partition coefficient (Wildman–Crippen LogP) is 4.52. The summed E-state index contributed by atoms with van der Waals surface area (Å²) in [6.45, 7) is 0. The topological polar surface area (TPSA) is 55.2 Å². The van der Waals surface area contributed by atoms with Crippen molar-refractivity contribution in [3.8, 4) is 11.5 Å². The molecule has 0 bridgehead atoms. The quantitative estimate of drug-likeness (QED) is 0.684. The number of rotatable bonds is 3. The Bertz CT molecular complexity index is 681. The Labute approximate surface area is 168 Å². The maximum atomic E-state index is 5.90. The standard InChI is InChI=1S/C13H11Cl6N3O2/c1-23-7-4-3-6(5-8(7)24-2)9-20-10(12(14,15)16)22-11(21-9)13(17,18)19/h3-5,10H,1-2H3,(H,20,21,22). The highest BCUT2D eigenvalue weighted by Crippen LogP contribution is 2.37. The molecular weight excluding hydrogens is 443 g/mol. The average Bonchev–Trinajstić information content (AvgIpc) is 2.52. The van der Waals surface area contributed by atoms with Crippen molar-refractivity contribution < 1.29 is 9.47 Å². The van der Waals surface area contributed by atoms with Crippen LogP contribution in [-0.2, 0) is 0 Å². The SMILES string of the molecule is COc1ccc(C2=NC(C(Cl)(Cl)Cl)N=C(C(Cl)(Cl)Cl)N2)cc1OC. The van der Waals surface area contributed by atoms with Crippen LogP contribution in [0.5, 0.6) is 11.5 Å². The van der Waals surface area contributed by atoms with Crippen molar-refractivity contribution in [2.24, 2.45) is 9.98 Å². The molecule has 132 valence electrons. The number of hydrogen-bond donors (Lipinski definition) is 1. The van der Waals surface area contributed by atoms with Crippen LogP contribution in [0.3, 0.4) is 0 Å². The van der Waals surface area contributed by atoms with Crippen LogP contribution in [0.4, 0.5) is 0 Å². The number of nitrogens with zero attached hydrogens (tertiary/aromatic N) is 2. The van der Waals surface area contributed by atoms with Gasteiger partial charge in [-0.3, -0.25) is 0 Å². The molecule has 0 radical (unpaired) electrons. The van der Waals surface area contributed by atoms with Crippen LogP contribution >= 0.6 is 69.6 Å². The molecule has 1 heterocycles. The van der Waals surface area contributed by atoms with Gasteiger partial charge in [0.05, 0.1) is 14.2 Å². The maximum Gasteiger partial charge on any atom is 0.247 e. The van der Waals surface area contributed by atoms with Crippen molar-refractivity contribution in [3.05, 3.63) is 23.8 Å². The minimum absolute atomic E-state index is 0.0105. The van der Waals surface area contributed by atoms with E-state index in [1.54, 1.807) is 18.2 Å². The fourth-order valence-electron chi connectivity index (χ4n) is 1.87. The van der Waals surface area contributed by atoms with E-state index in [0.29, 0.717) is 22.9 Å². The first-order valence-electron chi connectivity index (χ1n) is 6.35. The molecule has 1 N–H and O–H groups in total. The van der Waals surface area contributed by atoms with Gasteiger partial charge in [0, 0.05) is 5.56 Å². The smallest absolute Gasteiger partial charge is 0.247 e. The van der Waals surface area contributed by atoms with Crippen molar-refractivity contribution in [1.82, 2.24) is 5.32 Å². The first kappa shape index (κ1) is 20.0. The number of methoxy groups -OCH3 is 2. The molecule has 0 amide bonds. The van der Waals surface area contributed by atoms with Crippen LogP contribution < -0.4 is 14.8 Å². The van der Waals surface area contributed by atoms with Gasteiger partial charge in [-0.05, 0) is 18.2 Å². The number of alkyl halides is 6. The first-order valence-corrected chi connectivity index (χ1v) is 8.62. The Morgan fingerprint density at radius 3 is 2.08 bits per heavy atom. The molecule has 1 aliphatic rings. The van der Waals surface area contributed by atoms with Gasteiger partial charge in [0.2, 0.25) is 7.59 Å². The highest BCUT2D eigenvalue weighted by Gasteiger charge is 2.39. The van der Waals surface area contributed by atoms with E-state index in [2.05, 4.69) is 15.3 Å². The number of benzene rings is 1. The number of ether oxygens (including phenoxy) is 2. The Balaban J connectivity index is 2.47. The first-order chi connectivity index (χ1) is 11.1. The van der Waals surface area contributed by atoms with E-state index in [4.69, 9.17) is 79.1 Å². The summed E-state index contributed by atoms with van der Waals surface area (Å²) in [6.07, 6.45) is -1.09. The molecule has 5 nitrogen and oxygen atoms in total. The average molecular weight is 454 g/mol. The molecule has 0 aromatic heterocycles. The van der Waals surface area contributed by atoms with Crippen molar-refractivity contribution in [3.63, 3.8) is 0 Å². The number of hydrogen-bond acceptors (Lipinski definition) is 5. The molecule has 0 aliphatic carbocycles. The van der Waals surface area contributed by atoms with E-state index in [9.17, 15) is 0 Å². The van der Waals surface area contributed by atoms with E-state index in [1.165, 1.54) is 14.2 Å². The van der Waals surface area contributed by atoms with Crippen molar-refractivity contribution >= 4 is 81.3 Å². The summed E-state index contributed by atoms with van der Waals surface area (Å²) in [5.74, 6) is 1.33. The number of nitrogens with one attached hydrogen (secondary N) is 1. The highest BCUT2D eigenvalue weighted by atomic mass is 35.6. The zero-order valence-electron chi connectivity index (χ0n) is 12.3. The minimum atomic E-state index is -1.84. The van der Waals surface area contributed by atoms with Crippen molar-refractivity contribution in [2.45, 2.75) is 13.8 Å². The van der Waals surface area contributed by atoms with Crippen LogP contribution in [0.2, 0.25) is 0 Å². The van der Waals surface area contributed by atoms with Gasteiger partial charge in [-0.2, -0.15) is 0 Å². The lowest BCUT2D eigenvalue weighted by Gasteiger charge is -2.28. The monoisotopic (exact) mass is 451 g/mol. The fraction of sp³-hybridized carbons (Fsp3) is 0.385. The van der Waals surface area contributed by atoms with Crippen molar-refractivity contribution in [1.29, 1.82) is 0 Å². The summed E-state index contributed by atoms with van der Waals surface area (Å²) in [5.41, 5.74) is 0.605. The Morgan fingerprint density at radius 1 is 0.958 bits per heavy atom. The Kier molecular flexibility index (Phi) is 6.27. The van der Waals surface area contributed by atoms with Gasteiger partial charge in [0.1, 0.15) is 5.84 Å².